The maximum absolute atomic E-state index is 14.3. The Morgan fingerprint density at radius 2 is 1.57 bits per heavy atom. The molecule has 2 bridgehead atoms. The van der Waals surface area contributed by atoms with Gasteiger partial charge in [-0.3, -0.25) is 24.1 Å². The summed E-state index contributed by atoms with van der Waals surface area (Å²) in [5.74, 6) is 0.288. The number of nitrogens with one attached hydrogen (secondary N) is 3. The molecule has 4 amide bonds. The number of anilines is 3. The third-order valence-electron chi connectivity index (χ3n) is 16.1. The summed E-state index contributed by atoms with van der Waals surface area (Å²) in [7, 11) is 0. The number of nitrogens with two attached hydrogens (primary N) is 1. The number of hydrogen-bond donors (Lipinski definition) is 5. The molecule has 0 spiro atoms. The molecule has 79 heavy (non-hydrogen) atoms. The number of aromatic nitrogens is 5. The van der Waals surface area contributed by atoms with Crippen molar-refractivity contribution < 1.29 is 24.3 Å². The number of benzene rings is 2. The maximum Gasteiger partial charge on any atom is 0.272 e. The number of aliphatic hydroxyl groups excluding tert-OH is 1. The van der Waals surface area contributed by atoms with Gasteiger partial charge < -0.3 is 41.5 Å². The van der Waals surface area contributed by atoms with Crippen LogP contribution in [0.15, 0.2) is 88.5 Å². The van der Waals surface area contributed by atoms with Crippen molar-refractivity contribution in [1.29, 1.82) is 0 Å². The van der Waals surface area contributed by atoms with Crippen LogP contribution in [0.1, 0.15) is 139 Å². The Kier molecular flexibility index (Phi) is 18.7. The Labute approximate surface area is 473 Å². The molecule has 9 rings (SSSR count). The van der Waals surface area contributed by atoms with Crippen molar-refractivity contribution in [2.45, 2.75) is 170 Å². The van der Waals surface area contributed by atoms with Crippen molar-refractivity contribution in [3.05, 3.63) is 95.5 Å². The minimum absolute atomic E-state index is 0.0220. The molecule has 0 aliphatic carbocycles. The van der Waals surface area contributed by atoms with Crippen LogP contribution in [0.5, 0.6) is 0 Å². The van der Waals surface area contributed by atoms with Crippen LogP contribution < -0.4 is 31.5 Å². The third kappa shape index (κ3) is 14.8. The highest BCUT2D eigenvalue weighted by molar-refractivity contribution is 7.99. The van der Waals surface area contributed by atoms with E-state index in [0.29, 0.717) is 18.5 Å². The van der Waals surface area contributed by atoms with E-state index in [1.165, 1.54) is 16.7 Å². The molecule has 18 nitrogen and oxygen atoms in total. The zero-order chi connectivity index (χ0) is 55.8. The van der Waals surface area contributed by atoms with Gasteiger partial charge in [-0.2, -0.15) is 0 Å². The topological polar surface area (TPSA) is 228 Å². The van der Waals surface area contributed by atoms with E-state index >= 15 is 0 Å². The summed E-state index contributed by atoms with van der Waals surface area (Å²) in [5, 5.41) is 29.5. The summed E-state index contributed by atoms with van der Waals surface area (Å²) in [5.41, 5.74) is 11.1. The average Bonchev–Trinajstić information content (AvgIpc) is 4.17. The number of carbonyl (C=O) groups is 4. The molecular weight excluding hydrogens is 1030 g/mol. The molecule has 2 unspecified atom stereocenters. The van der Waals surface area contributed by atoms with E-state index in [4.69, 9.17) is 5.73 Å². The monoisotopic (exact) mass is 1110 g/mol. The summed E-state index contributed by atoms with van der Waals surface area (Å²) in [6.07, 6.45) is 13.9. The van der Waals surface area contributed by atoms with E-state index in [1.807, 2.05) is 107 Å². The molecule has 2 aromatic carbocycles. The molecule has 422 valence electrons. The number of thiazole rings is 1. The molecule has 7 heterocycles. The van der Waals surface area contributed by atoms with Crippen LogP contribution in [0.4, 0.5) is 17.3 Å². The first-order valence-electron chi connectivity index (χ1n) is 28.3. The van der Waals surface area contributed by atoms with Gasteiger partial charge in [-0.15, -0.1) is 21.5 Å². The Morgan fingerprint density at radius 3 is 2.23 bits per heavy atom. The van der Waals surface area contributed by atoms with Crippen LogP contribution in [0.2, 0.25) is 0 Å². The maximum atomic E-state index is 14.3. The highest BCUT2D eigenvalue weighted by Crippen LogP contribution is 2.34. The Hall–Kier alpha value is -6.06. The number of rotatable bonds is 21. The van der Waals surface area contributed by atoms with Crippen LogP contribution in [-0.4, -0.2) is 139 Å². The van der Waals surface area contributed by atoms with E-state index in [9.17, 15) is 24.3 Å². The average molecular weight is 1110 g/mol. The fourth-order valence-corrected chi connectivity index (χ4v) is 13.0. The van der Waals surface area contributed by atoms with Crippen molar-refractivity contribution in [3.63, 3.8) is 0 Å². The minimum Gasteiger partial charge on any atom is -0.391 e. The normalized spacial score (nSPS) is 20.9. The zero-order valence-corrected chi connectivity index (χ0v) is 48.3. The molecule has 0 saturated carbocycles. The van der Waals surface area contributed by atoms with Crippen LogP contribution in [0.25, 0.3) is 10.4 Å². The lowest BCUT2D eigenvalue weighted by atomic mass is 9.85. The van der Waals surface area contributed by atoms with Gasteiger partial charge in [-0.05, 0) is 113 Å². The number of carbonyl (C=O) groups excluding carboxylic acids is 4. The molecule has 4 aliphatic rings. The quantitative estimate of drug-likeness (QED) is 0.0437. The standard InChI is InChI=1S/C59H79N13O5S2/c1-38(40-17-19-41(20-18-40)53-39(2)63-37-78-53)64-56(76)48-31-45(73)36-72(48)57(77)54(58(3,4)5)66-55(75)47-23-24-49(68-67-47)70-34-43-21-22-44(35-70)71(43)27-12-10-8-7-9-11-16-51(74)65-42-14-13-15-46(30-42)79-52-33-61-50(32-62-52)69-28-25-59(6,60)26-29-69/h13-15,17-20,23-24,30,32-33,37-38,43-45,48,54,73H,7-12,16,21-22,25-29,31,34-36,60H2,1-6H3,(H,64,76)(H,65,74)(H,66,75)/t38-,43?,44?,45+,48-,54+/m0/s1. The first-order chi connectivity index (χ1) is 37.9. The van der Waals surface area contributed by atoms with Gasteiger partial charge in [-0.1, -0.05) is 88.5 Å². The molecule has 4 fully saturated rings. The number of amides is 4. The highest BCUT2D eigenvalue weighted by Gasteiger charge is 2.45. The second-order valence-electron chi connectivity index (χ2n) is 23.5. The molecule has 4 aliphatic heterocycles. The van der Waals surface area contributed by atoms with Crippen molar-refractivity contribution in [2.75, 3.05) is 54.4 Å². The number of aryl methyl sites for hydroxylation is 1. The number of nitrogens with zero attached hydrogens (tertiary/aromatic N) is 9. The lowest BCUT2D eigenvalue weighted by molar-refractivity contribution is -0.142. The van der Waals surface area contributed by atoms with Crippen molar-refractivity contribution >= 4 is 64.1 Å². The zero-order valence-electron chi connectivity index (χ0n) is 46.7. The third-order valence-corrected chi connectivity index (χ3v) is 18.0. The number of unbranched alkanes of at least 4 members (excludes halogenated alkanes) is 5. The van der Waals surface area contributed by atoms with Gasteiger partial charge in [0.25, 0.3) is 5.91 Å². The van der Waals surface area contributed by atoms with E-state index in [2.05, 4.69) is 62.7 Å². The van der Waals surface area contributed by atoms with Crippen LogP contribution >= 0.6 is 23.1 Å². The van der Waals surface area contributed by atoms with Gasteiger partial charge in [0, 0.05) is 73.8 Å². The molecule has 6 N–H and O–H groups in total. The van der Waals surface area contributed by atoms with E-state index in [1.54, 1.807) is 17.4 Å². The molecule has 6 atom stereocenters. The summed E-state index contributed by atoms with van der Waals surface area (Å²) in [6, 6.07) is 17.9. The molecule has 0 radical (unpaired) electrons. The second-order valence-corrected chi connectivity index (χ2v) is 25.4. The number of fused-ring (bicyclic) bond motifs is 2. The molecule has 3 aromatic heterocycles. The molecule has 20 heteroatoms. The summed E-state index contributed by atoms with van der Waals surface area (Å²) < 4.78 is 0. The molecular formula is C59H79N13O5S2. The Bertz CT molecular complexity index is 2860. The summed E-state index contributed by atoms with van der Waals surface area (Å²) in [6.45, 7) is 16.0. The first-order valence-corrected chi connectivity index (χ1v) is 30.0. The van der Waals surface area contributed by atoms with Crippen molar-refractivity contribution in [1.82, 2.24) is 45.6 Å². The lowest BCUT2D eigenvalue weighted by Gasteiger charge is -2.41. The van der Waals surface area contributed by atoms with Gasteiger partial charge in [0.1, 0.15) is 22.9 Å². The van der Waals surface area contributed by atoms with Gasteiger partial charge in [0.2, 0.25) is 17.7 Å². The number of β-amino-alcohol motifs (C(OH)–C–C–N with tert-alkyl or cyclic N) is 1. The number of piperidine rings is 1. The predicted molar refractivity (Wildman–Crippen MR) is 311 cm³/mol. The van der Waals surface area contributed by atoms with Gasteiger partial charge in [-0.25, -0.2) is 15.0 Å². The summed E-state index contributed by atoms with van der Waals surface area (Å²) in [4.78, 5) is 79.1. The highest BCUT2D eigenvalue weighted by atomic mass is 32.2. The SMILES string of the molecule is Cc1ncsc1-c1ccc([C@H](C)NC(=O)[C@@H]2C[C@@H](O)CN2C(=O)[C@@H](NC(=O)c2ccc(N3CC4CCC(C3)N4CCCCCCCCC(=O)Nc3cccc(Sc4cnc(N5CCC(C)(N)CC5)cn4)c3)nn2)C(C)(C)C)cc1. The number of hydrogen-bond acceptors (Lipinski definition) is 16. The van der Waals surface area contributed by atoms with E-state index < -0.39 is 35.4 Å². The van der Waals surface area contributed by atoms with Crippen LogP contribution in [-0.2, 0) is 14.4 Å². The Balaban J connectivity index is 0.669. The first kappa shape index (κ1) is 57.6. The largest absolute Gasteiger partial charge is 0.391 e. The smallest absolute Gasteiger partial charge is 0.272 e. The van der Waals surface area contributed by atoms with Crippen molar-refractivity contribution in [3.8, 4) is 10.4 Å². The number of likely N-dealkylation sites (tertiary alicyclic amines) is 1. The fourth-order valence-electron chi connectivity index (χ4n) is 11.4. The second kappa shape index (κ2) is 25.6. The number of piperazine rings is 1. The molecule has 5 aromatic rings. The van der Waals surface area contributed by atoms with Gasteiger partial charge in [0.05, 0.1) is 40.6 Å². The number of aliphatic hydroxyl groups is 1. The Morgan fingerprint density at radius 1 is 0.848 bits per heavy atom. The minimum atomic E-state index is -1.01. The van der Waals surface area contributed by atoms with Crippen molar-refractivity contribution in [2.24, 2.45) is 11.1 Å². The molecule has 4 saturated heterocycles. The van der Waals surface area contributed by atoms with E-state index in [0.717, 1.165) is 146 Å². The van der Waals surface area contributed by atoms with Gasteiger partial charge in [0.15, 0.2) is 11.5 Å². The van der Waals surface area contributed by atoms with Crippen LogP contribution in [0.3, 0.4) is 0 Å². The summed E-state index contributed by atoms with van der Waals surface area (Å²) >= 11 is 3.11. The lowest BCUT2D eigenvalue weighted by Crippen LogP contribution is -2.58. The predicted octanol–water partition coefficient (Wildman–Crippen LogP) is 8.17. The van der Waals surface area contributed by atoms with Crippen LogP contribution in [0, 0.1) is 12.3 Å². The van der Waals surface area contributed by atoms with Gasteiger partial charge >= 0.3 is 0 Å². The van der Waals surface area contributed by atoms with E-state index in [-0.39, 0.29) is 42.1 Å². The fraction of sp³-hybridized carbons (Fsp3) is 0.542.